The Labute approximate surface area is 128 Å². The van der Waals surface area contributed by atoms with Crippen molar-refractivity contribution >= 4 is 16.6 Å². The monoisotopic (exact) mass is 291 g/mol. The number of para-hydroxylation sites is 1. The van der Waals surface area contributed by atoms with Gasteiger partial charge >= 0.3 is 0 Å². The van der Waals surface area contributed by atoms with Gasteiger partial charge in [-0.1, -0.05) is 30.3 Å². The van der Waals surface area contributed by atoms with Crippen molar-refractivity contribution in [2.24, 2.45) is 5.73 Å². The highest BCUT2D eigenvalue weighted by Gasteiger charge is 2.24. The second-order valence-corrected chi connectivity index (χ2v) is 5.64. The van der Waals surface area contributed by atoms with Crippen molar-refractivity contribution in [1.82, 2.24) is 4.98 Å². The molecule has 0 saturated heterocycles. The highest BCUT2D eigenvalue weighted by Crippen LogP contribution is 2.39. The molecule has 0 saturated carbocycles. The maximum Gasteiger partial charge on any atom is 0.130 e. The molecule has 0 amide bonds. The largest absolute Gasteiger partial charge is 0.488 e. The third-order valence-corrected chi connectivity index (χ3v) is 4.15. The number of ether oxygens (including phenoxy) is 1. The van der Waals surface area contributed by atoms with Crippen LogP contribution in [-0.4, -0.2) is 17.6 Å². The van der Waals surface area contributed by atoms with Gasteiger partial charge in [0.1, 0.15) is 17.7 Å². The van der Waals surface area contributed by atoms with Crippen molar-refractivity contribution in [3.63, 3.8) is 0 Å². The fraction of sp³-hybridized carbons (Fsp3) is 0.167. The molecule has 0 fully saturated rings. The Morgan fingerprint density at radius 1 is 1.14 bits per heavy atom. The average molecular weight is 291 g/mol. The molecule has 4 heteroatoms. The third kappa shape index (κ3) is 2.09. The van der Waals surface area contributed by atoms with Gasteiger partial charge in [-0.25, -0.2) is 4.98 Å². The van der Waals surface area contributed by atoms with Gasteiger partial charge in [-0.2, -0.15) is 0 Å². The van der Waals surface area contributed by atoms with Crippen LogP contribution >= 0.6 is 0 Å². The van der Waals surface area contributed by atoms with Gasteiger partial charge < -0.3 is 16.2 Å². The predicted molar refractivity (Wildman–Crippen MR) is 88.8 cm³/mol. The van der Waals surface area contributed by atoms with E-state index in [4.69, 9.17) is 16.2 Å². The molecule has 4 rings (SSSR count). The molecule has 1 aromatic heterocycles. The Kier molecular flexibility index (Phi) is 2.98. The zero-order valence-corrected chi connectivity index (χ0v) is 12.1. The first-order valence-electron chi connectivity index (χ1n) is 7.39. The molecule has 0 bridgehead atoms. The first-order chi connectivity index (χ1) is 10.7. The van der Waals surface area contributed by atoms with Gasteiger partial charge in [0, 0.05) is 30.1 Å². The summed E-state index contributed by atoms with van der Waals surface area (Å²) in [5.41, 5.74) is 15.0. The van der Waals surface area contributed by atoms with Crippen molar-refractivity contribution < 1.29 is 4.74 Å². The van der Waals surface area contributed by atoms with Crippen LogP contribution in [0.3, 0.4) is 0 Å². The molecule has 0 radical (unpaired) electrons. The van der Waals surface area contributed by atoms with Crippen LogP contribution in [0.4, 0.5) is 5.82 Å². The minimum Gasteiger partial charge on any atom is -0.488 e. The van der Waals surface area contributed by atoms with E-state index in [0.29, 0.717) is 12.4 Å². The van der Waals surface area contributed by atoms with Gasteiger partial charge in [0.05, 0.1) is 0 Å². The number of nitrogen functional groups attached to an aromatic ring is 1. The number of pyridine rings is 1. The second kappa shape index (κ2) is 5.00. The summed E-state index contributed by atoms with van der Waals surface area (Å²) in [6.45, 7) is 0.536. The molecule has 4 nitrogen and oxygen atoms in total. The van der Waals surface area contributed by atoms with Crippen LogP contribution in [0.1, 0.15) is 5.56 Å². The van der Waals surface area contributed by atoms with Gasteiger partial charge in [-0.15, -0.1) is 0 Å². The third-order valence-electron chi connectivity index (χ3n) is 4.15. The molecule has 1 aliphatic heterocycles. The Bertz CT molecular complexity index is 860. The normalized spacial score (nSPS) is 16.5. The van der Waals surface area contributed by atoms with Crippen LogP contribution in [0, 0.1) is 0 Å². The molecule has 4 N–H and O–H groups in total. The Morgan fingerprint density at radius 2 is 2.05 bits per heavy atom. The second-order valence-electron chi connectivity index (χ2n) is 5.64. The highest BCUT2D eigenvalue weighted by atomic mass is 16.5. The van der Waals surface area contributed by atoms with Crippen LogP contribution in [0.25, 0.3) is 21.9 Å². The summed E-state index contributed by atoms with van der Waals surface area (Å²) in [6, 6.07) is 14.4. The fourth-order valence-corrected chi connectivity index (χ4v) is 3.02. The quantitative estimate of drug-likeness (QED) is 0.761. The van der Waals surface area contributed by atoms with Gasteiger partial charge in [0.15, 0.2) is 0 Å². The average Bonchev–Trinajstić information content (AvgIpc) is 2.97. The molecule has 2 heterocycles. The van der Waals surface area contributed by atoms with E-state index in [1.807, 2.05) is 6.07 Å². The summed E-state index contributed by atoms with van der Waals surface area (Å²) in [5.74, 6) is 1.49. The number of benzene rings is 2. The molecule has 1 unspecified atom stereocenters. The van der Waals surface area contributed by atoms with Crippen LogP contribution in [0.2, 0.25) is 0 Å². The van der Waals surface area contributed by atoms with Gasteiger partial charge in [-0.05, 0) is 28.6 Å². The number of hydrogen-bond acceptors (Lipinski definition) is 4. The standard InChI is InChI=1S/C18H17N3O/c19-9-15-7-12-2-1-3-16(18(12)22-15)11-4-5-13-10-21-17(20)8-14(13)6-11/h1-6,8,10,15H,7,9,19H2,(H2,20,21). The first kappa shape index (κ1) is 13.1. The lowest BCUT2D eigenvalue weighted by Crippen LogP contribution is -2.24. The molecule has 3 aromatic rings. The number of rotatable bonds is 2. The van der Waals surface area contributed by atoms with E-state index >= 15 is 0 Å². The zero-order chi connectivity index (χ0) is 15.1. The van der Waals surface area contributed by atoms with E-state index in [0.717, 1.165) is 34.1 Å². The van der Waals surface area contributed by atoms with Gasteiger partial charge in [0.2, 0.25) is 0 Å². The van der Waals surface area contributed by atoms with Crippen LogP contribution in [-0.2, 0) is 6.42 Å². The lowest BCUT2D eigenvalue weighted by Gasteiger charge is -2.11. The summed E-state index contributed by atoms with van der Waals surface area (Å²) in [7, 11) is 0. The molecular weight excluding hydrogens is 274 g/mol. The van der Waals surface area contributed by atoms with Gasteiger partial charge in [0.25, 0.3) is 0 Å². The Morgan fingerprint density at radius 3 is 2.91 bits per heavy atom. The van der Waals surface area contributed by atoms with Crippen LogP contribution in [0.5, 0.6) is 5.75 Å². The maximum absolute atomic E-state index is 6.02. The summed E-state index contributed by atoms with van der Waals surface area (Å²) < 4.78 is 6.02. The fourth-order valence-electron chi connectivity index (χ4n) is 3.02. The van der Waals surface area contributed by atoms with Crippen molar-refractivity contribution in [1.29, 1.82) is 0 Å². The zero-order valence-electron chi connectivity index (χ0n) is 12.1. The van der Waals surface area contributed by atoms with E-state index in [2.05, 4.69) is 41.4 Å². The SMILES string of the molecule is NCC1Cc2cccc(-c3ccc4cnc(N)cc4c3)c2O1. The van der Waals surface area contributed by atoms with E-state index < -0.39 is 0 Å². The molecule has 1 atom stereocenters. The number of fused-ring (bicyclic) bond motifs is 2. The molecular formula is C18H17N3O. The minimum atomic E-state index is 0.0800. The number of hydrogen-bond donors (Lipinski definition) is 2. The molecule has 2 aromatic carbocycles. The minimum absolute atomic E-state index is 0.0800. The van der Waals surface area contributed by atoms with E-state index in [1.54, 1.807) is 6.20 Å². The summed E-state index contributed by atoms with van der Waals surface area (Å²) in [6.07, 6.45) is 2.76. The Hall–Kier alpha value is -2.59. The number of aromatic nitrogens is 1. The lowest BCUT2D eigenvalue weighted by atomic mass is 9.98. The first-order valence-corrected chi connectivity index (χ1v) is 7.39. The maximum atomic E-state index is 6.02. The number of nitrogens with two attached hydrogens (primary N) is 2. The molecule has 1 aliphatic rings. The van der Waals surface area contributed by atoms with Crippen molar-refractivity contribution in [2.45, 2.75) is 12.5 Å². The van der Waals surface area contributed by atoms with Crippen LogP contribution < -0.4 is 16.2 Å². The number of nitrogens with zero attached hydrogens (tertiary/aromatic N) is 1. The van der Waals surface area contributed by atoms with E-state index in [1.165, 1.54) is 5.56 Å². The smallest absolute Gasteiger partial charge is 0.130 e. The molecule has 110 valence electrons. The van der Waals surface area contributed by atoms with Crippen molar-refractivity contribution in [3.8, 4) is 16.9 Å². The van der Waals surface area contributed by atoms with E-state index in [9.17, 15) is 0 Å². The van der Waals surface area contributed by atoms with E-state index in [-0.39, 0.29) is 6.10 Å². The molecule has 22 heavy (non-hydrogen) atoms. The van der Waals surface area contributed by atoms with Crippen LogP contribution in [0.15, 0.2) is 48.7 Å². The van der Waals surface area contributed by atoms with Crippen molar-refractivity contribution in [2.75, 3.05) is 12.3 Å². The van der Waals surface area contributed by atoms with Crippen molar-refractivity contribution in [3.05, 3.63) is 54.2 Å². The molecule has 0 aliphatic carbocycles. The summed E-state index contributed by atoms with van der Waals surface area (Å²) >= 11 is 0. The highest BCUT2D eigenvalue weighted by molar-refractivity contribution is 5.89. The number of anilines is 1. The summed E-state index contributed by atoms with van der Waals surface area (Å²) in [5, 5.41) is 2.15. The summed E-state index contributed by atoms with van der Waals surface area (Å²) in [4.78, 5) is 4.13. The predicted octanol–water partition coefficient (Wildman–Crippen LogP) is 2.75. The topological polar surface area (TPSA) is 74.2 Å². The molecule has 0 spiro atoms. The Balaban J connectivity index is 1.85. The van der Waals surface area contributed by atoms with Gasteiger partial charge in [-0.3, -0.25) is 0 Å². The lowest BCUT2D eigenvalue weighted by molar-refractivity contribution is 0.242.